The van der Waals surface area contributed by atoms with Crippen molar-refractivity contribution in [1.82, 2.24) is 15.3 Å². The van der Waals surface area contributed by atoms with Gasteiger partial charge in [0.1, 0.15) is 0 Å². The number of methoxy groups -OCH3 is 1. The minimum atomic E-state index is 0.473. The third-order valence-corrected chi connectivity index (χ3v) is 2.50. The first-order valence-corrected chi connectivity index (χ1v) is 5.88. The summed E-state index contributed by atoms with van der Waals surface area (Å²) < 4.78 is 5.06. The molecule has 0 saturated heterocycles. The lowest BCUT2D eigenvalue weighted by Gasteiger charge is -2.15. The van der Waals surface area contributed by atoms with Crippen LogP contribution in [0.3, 0.4) is 0 Å². The van der Waals surface area contributed by atoms with E-state index >= 15 is 0 Å². The highest BCUT2D eigenvalue weighted by Gasteiger charge is 2.08. The SMILES string of the molecule is CCCNC(CC)Cc1cncc(OC)n1. The fourth-order valence-corrected chi connectivity index (χ4v) is 1.54. The van der Waals surface area contributed by atoms with Crippen LogP contribution >= 0.6 is 0 Å². The van der Waals surface area contributed by atoms with Crippen molar-refractivity contribution < 1.29 is 4.74 Å². The lowest BCUT2D eigenvalue weighted by molar-refractivity contribution is 0.392. The number of rotatable bonds is 7. The summed E-state index contributed by atoms with van der Waals surface area (Å²) in [7, 11) is 1.61. The van der Waals surface area contributed by atoms with Gasteiger partial charge in [0.25, 0.3) is 0 Å². The van der Waals surface area contributed by atoms with Gasteiger partial charge in [-0.15, -0.1) is 0 Å². The molecule has 90 valence electrons. The smallest absolute Gasteiger partial charge is 0.232 e. The molecule has 16 heavy (non-hydrogen) atoms. The summed E-state index contributed by atoms with van der Waals surface area (Å²) in [6.07, 6.45) is 6.59. The van der Waals surface area contributed by atoms with E-state index in [4.69, 9.17) is 4.74 Å². The molecule has 1 N–H and O–H groups in total. The summed E-state index contributed by atoms with van der Waals surface area (Å²) in [6.45, 7) is 5.40. The maximum Gasteiger partial charge on any atom is 0.232 e. The first-order chi connectivity index (χ1) is 7.80. The average molecular weight is 223 g/mol. The summed E-state index contributed by atoms with van der Waals surface area (Å²) >= 11 is 0. The fraction of sp³-hybridized carbons (Fsp3) is 0.667. The van der Waals surface area contributed by atoms with Crippen LogP contribution in [0, 0.1) is 0 Å². The standard InChI is InChI=1S/C12H21N3O/c1-4-6-14-10(5-2)7-11-8-13-9-12(15-11)16-3/h8-10,14H,4-7H2,1-3H3. The first-order valence-electron chi connectivity index (χ1n) is 5.88. The van der Waals surface area contributed by atoms with Crippen LogP contribution in [0.2, 0.25) is 0 Å². The zero-order chi connectivity index (χ0) is 11.8. The van der Waals surface area contributed by atoms with Crippen molar-refractivity contribution in [2.75, 3.05) is 13.7 Å². The normalized spacial score (nSPS) is 12.4. The zero-order valence-electron chi connectivity index (χ0n) is 10.4. The minimum Gasteiger partial charge on any atom is -0.480 e. The quantitative estimate of drug-likeness (QED) is 0.765. The molecule has 0 aliphatic rings. The van der Waals surface area contributed by atoms with Crippen molar-refractivity contribution in [2.24, 2.45) is 0 Å². The number of hydrogen-bond donors (Lipinski definition) is 1. The van der Waals surface area contributed by atoms with Crippen molar-refractivity contribution in [2.45, 2.75) is 39.2 Å². The lowest BCUT2D eigenvalue weighted by atomic mass is 10.1. The van der Waals surface area contributed by atoms with Crippen LogP contribution in [0.1, 0.15) is 32.4 Å². The molecule has 1 atom stereocenters. The van der Waals surface area contributed by atoms with Crippen LogP contribution in [0.15, 0.2) is 12.4 Å². The van der Waals surface area contributed by atoms with Crippen LogP contribution in [-0.2, 0) is 6.42 Å². The summed E-state index contributed by atoms with van der Waals surface area (Å²) in [4.78, 5) is 8.47. The Hall–Kier alpha value is -1.16. The van der Waals surface area contributed by atoms with Crippen molar-refractivity contribution in [3.63, 3.8) is 0 Å². The maximum absolute atomic E-state index is 5.06. The average Bonchev–Trinajstić information content (AvgIpc) is 2.34. The molecule has 0 bridgehead atoms. The maximum atomic E-state index is 5.06. The molecule has 1 heterocycles. The van der Waals surface area contributed by atoms with E-state index in [0.29, 0.717) is 11.9 Å². The first kappa shape index (κ1) is 12.9. The Morgan fingerprint density at radius 1 is 1.38 bits per heavy atom. The van der Waals surface area contributed by atoms with Crippen molar-refractivity contribution >= 4 is 0 Å². The Bertz CT molecular complexity index is 304. The highest BCUT2D eigenvalue weighted by Crippen LogP contribution is 2.07. The Labute approximate surface area is 97.5 Å². The molecule has 1 aromatic rings. The van der Waals surface area contributed by atoms with Gasteiger partial charge in [-0.2, -0.15) is 0 Å². The van der Waals surface area contributed by atoms with Gasteiger partial charge in [0.2, 0.25) is 5.88 Å². The molecule has 0 saturated carbocycles. The molecule has 4 heteroatoms. The van der Waals surface area contributed by atoms with Crippen molar-refractivity contribution in [1.29, 1.82) is 0 Å². The van der Waals surface area contributed by atoms with Gasteiger partial charge in [0, 0.05) is 18.7 Å². The number of nitrogens with zero attached hydrogens (tertiary/aromatic N) is 2. The second kappa shape index (κ2) is 7.17. The number of hydrogen-bond acceptors (Lipinski definition) is 4. The Kier molecular flexibility index (Phi) is 5.78. The van der Waals surface area contributed by atoms with Gasteiger partial charge >= 0.3 is 0 Å². The van der Waals surface area contributed by atoms with Crippen LogP contribution in [-0.4, -0.2) is 29.7 Å². The molecule has 0 aliphatic carbocycles. The van der Waals surface area contributed by atoms with Crippen LogP contribution in [0.25, 0.3) is 0 Å². The highest BCUT2D eigenvalue weighted by molar-refractivity contribution is 5.09. The summed E-state index contributed by atoms with van der Waals surface area (Å²) in [5.74, 6) is 0.586. The molecular formula is C12H21N3O. The summed E-state index contributed by atoms with van der Waals surface area (Å²) in [5, 5.41) is 3.50. The Morgan fingerprint density at radius 2 is 2.19 bits per heavy atom. The molecule has 0 radical (unpaired) electrons. The van der Waals surface area contributed by atoms with Gasteiger partial charge < -0.3 is 10.1 Å². The van der Waals surface area contributed by atoms with Gasteiger partial charge in [-0.3, -0.25) is 4.98 Å². The van der Waals surface area contributed by atoms with Crippen LogP contribution in [0.5, 0.6) is 5.88 Å². The fourth-order valence-electron chi connectivity index (χ4n) is 1.54. The Balaban J connectivity index is 2.55. The van der Waals surface area contributed by atoms with E-state index in [1.807, 2.05) is 0 Å². The third-order valence-electron chi connectivity index (χ3n) is 2.50. The molecule has 0 aromatic carbocycles. The van der Waals surface area contributed by atoms with Crippen molar-refractivity contribution in [3.05, 3.63) is 18.1 Å². The molecule has 1 unspecified atom stereocenters. The predicted octanol–water partition coefficient (Wildman–Crippen LogP) is 1.81. The van der Waals surface area contributed by atoms with Gasteiger partial charge in [0.15, 0.2) is 0 Å². The van der Waals surface area contributed by atoms with E-state index in [0.717, 1.165) is 31.5 Å². The molecule has 0 fully saturated rings. The number of nitrogens with one attached hydrogen (secondary N) is 1. The predicted molar refractivity (Wildman–Crippen MR) is 64.7 cm³/mol. The second-order valence-corrected chi connectivity index (χ2v) is 3.82. The molecule has 4 nitrogen and oxygen atoms in total. The van der Waals surface area contributed by atoms with E-state index in [2.05, 4.69) is 29.1 Å². The van der Waals surface area contributed by atoms with Gasteiger partial charge in [-0.25, -0.2) is 4.98 Å². The molecule has 0 amide bonds. The molecule has 1 rings (SSSR count). The molecular weight excluding hydrogens is 202 g/mol. The lowest BCUT2D eigenvalue weighted by Crippen LogP contribution is -2.31. The number of aromatic nitrogens is 2. The summed E-state index contributed by atoms with van der Waals surface area (Å²) in [6, 6.07) is 0.473. The molecule has 1 aromatic heterocycles. The van der Waals surface area contributed by atoms with Gasteiger partial charge in [-0.05, 0) is 19.4 Å². The number of ether oxygens (including phenoxy) is 1. The largest absolute Gasteiger partial charge is 0.480 e. The van der Waals surface area contributed by atoms with Gasteiger partial charge in [-0.1, -0.05) is 13.8 Å². The van der Waals surface area contributed by atoms with Gasteiger partial charge in [0.05, 0.1) is 19.0 Å². The second-order valence-electron chi connectivity index (χ2n) is 3.82. The van der Waals surface area contributed by atoms with E-state index in [1.54, 1.807) is 19.5 Å². The van der Waals surface area contributed by atoms with E-state index < -0.39 is 0 Å². The third kappa shape index (κ3) is 4.14. The van der Waals surface area contributed by atoms with E-state index in [1.165, 1.54) is 0 Å². The zero-order valence-corrected chi connectivity index (χ0v) is 10.4. The Morgan fingerprint density at radius 3 is 2.81 bits per heavy atom. The molecule has 0 spiro atoms. The monoisotopic (exact) mass is 223 g/mol. The van der Waals surface area contributed by atoms with Crippen LogP contribution < -0.4 is 10.1 Å². The van der Waals surface area contributed by atoms with E-state index in [-0.39, 0.29) is 0 Å². The van der Waals surface area contributed by atoms with Crippen molar-refractivity contribution in [3.8, 4) is 5.88 Å². The topological polar surface area (TPSA) is 47.0 Å². The minimum absolute atomic E-state index is 0.473. The summed E-state index contributed by atoms with van der Waals surface area (Å²) in [5.41, 5.74) is 0.981. The highest BCUT2D eigenvalue weighted by atomic mass is 16.5. The van der Waals surface area contributed by atoms with Crippen LogP contribution in [0.4, 0.5) is 0 Å². The van der Waals surface area contributed by atoms with E-state index in [9.17, 15) is 0 Å². The molecule has 0 aliphatic heterocycles.